The zero-order chi connectivity index (χ0) is 35.6. The summed E-state index contributed by atoms with van der Waals surface area (Å²) in [4.78, 5) is 2.35. The predicted octanol–water partition coefficient (Wildman–Crippen LogP) is 15.0. The van der Waals surface area contributed by atoms with Crippen molar-refractivity contribution >= 4 is 82.1 Å². The maximum atomic E-state index is 6.36. The number of fused-ring (bicyclic) bond motifs is 11. The van der Waals surface area contributed by atoms with Crippen molar-refractivity contribution in [3.63, 3.8) is 0 Å². The number of hydrogen-bond acceptors (Lipinski definition) is 2. The second-order valence-corrected chi connectivity index (χ2v) is 14.1. The molecule has 1 aromatic heterocycles. The van der Waals surface area contributed by atoms with Crippen LogP contribution >= 0.6 is 0 Å². The van der Waals surface area contributed by atoms with Gasteiger partial charge in [-0.25, -0.2) is 0 Å². The molecule has 0 atom stereocenters. The minimum absolute atomic E-state index is 0.918. The first-order chi connectivity index (χ1) is 26.8. The Balaban J connectivity index is 1.06. The maximum absolute atomic E-state index is 6.36. The van der Waals surface area contributed by atoms with E-state index in [1.54, 1.807) is 0 Å². The molecule has 0 radical (unpaired) electrons. The van der Waals surface area contributed by atoms with Crippen LogP contribution < -0.4 is 4.90 Å². The van der Waals surface area contributed by atoms with E-state index in [4.69, 9.17) is 4.42 Å². The summed E-state index contributed by atoms with van der Waals surface area (Å²) in [6.07, 6.45) is 0. The summed E-state index contributed by atoms with van der Waals surface area (Å²) in [6, 6.07) is 72.2. The van der Waals surface area contributed by atoms with Gasteiger partial charge in [0.15, 0.2) is 0 Å². The molecule has 252 valence electrons. The summed E-state index contributed by atoms with van der Waals surface area (Å²) < 4.78 is 6.36. The van der Waals surface area contributed by atoms with Crippen molar-refractivity contribution in [3.8, 4) is 22.3 Å². The van der Waals surface area contributed by atoms with Crippen LogP contribution in [0.15, 0.2) is 205 Å². The molecule has 2 heteroatoms. The van der Waals surface area contributed by atoms with Gasteiger partial charge in [0.25, 0.3) is 0 Å². The quantitative estimate of drug-likeness (QED) is 0.168. The van der Waals surface area contributed by atoms with E-state index in [-0.39, 0.29) is 0 Å². The molecule has 11 aromatic rings. The smallest absolute Gasteiger partial charge is 0.136 e. The van der Waals surface area contributed by atoms with E-state index in [0.29, 0.717) is 0 Å². The molecule has 0 spiro atoms. The van der Waals surface area contributed by atoms with Crippen LogP contribution in [-0.2, 0) is 0 Å². The zero-order valence-corrected chi connectivity index (χ0v) is 29.4. The lowest BCUT2D eigenvalue weighted by atomic mass is 9.90. The lowest BCUT2D eigenvalue weighted by Gasteiger charge is -2.26. The number of rotatable bonds is 5. The average molecular weight is 688 g/mol. The average Bonchev–Trinajstić information content (AvgIpc) is 3.63. The Morgan fingerprint density at radius 1 is 0.296 bits per heavy atom. The van der Waals surface area contributed by atoms with Crippen molar-refractivity contribution in [3.05, 3.63) is 200 Å². The number of para-hydroxylation sites is 2. The van der Waals surface area contributed by atoms with E-state index in [1.807, 2.05) is 6.07 Å². The molecule has 11 rings (SSSR count). The standard InChI is InChI=1S/C52H33NO/c1-2-15-38(16-3-1)53(39-27-24-35(25-28-39)42-22-11-13-34-12-4-5-18-41(34)42)40-17-10-14-36(32-40)37-26-29-44-43-19-6-7-20-45(43)51-46(48(44)33-37)30-31-50-52(51)47-21-8-9-23-49(47)54-50/h1-33H. The second kappa shape index (κ2) is 12.2. The van der Waals surface area contributed by atoms with Crippen LogP contribution in [0.5, 0.6) is 0 Å². The molecule has 0 N–H and O–H groups in total. The van der Waals surface area contributed by atoms with Crippen LogP contribution in [0, 0.1) is 0 Å². The topological polar surface area (TPSA) is 16.4 Å². The number of anilines is 3. The van der Waals surface area contributed by atoms with Gasteiger partial charge in [0.2, 0.25) is 0 Å². The molecule has 0 unspecified atom stereocenters. The van der Waals surface area contributed by atoms with Crippen molar-refractivity contribution < 1.29 is 4.42 Å². The minimum atomic E-state index is 0.918. The maximum Gasteiger partial charge on any atom is 0.136 e. The third-order valence-corrected chi connectivity index (χ3v) is 11.0. The van der Waals surface area contributed by atoms with Gasteiger partial charge in [-0.1, -0.05) is 140 Å². The third-order valence-electron chi connectivity index (χ3n) is 11.0. The Labute approximate surface area is 312 Å². The van der Waals surface area contributed by atoms with E-state index in [0.717, 1.165) is 33.6 Å². The van der Waals surface area contributed by atoms with Gasteiger partial charge in [-0.15, -0.1) is 0 Å². The molecule has 0 aliphatic rings. The normalized spacial score (nSPS) is 11.7. The van der Waals surface area contributed by atoms with Crippen molar-refractivity contribution in [2.45, 2.75) is 0 Å². The summed E-state index contributed by atoms with van der Waals surface area (Å²) in [5, 5.41) is 12.3. The number of nitrogens with zero attached hydrogens (tertiary/aromatic N) is 1. The molecule has 0 bridgehead atoms. The predicted molar refractivity (Wildman–Crippen MR) is 229 cm³/mol. The Hall–Kier alpha value is -7.16. The monoisotopic (exact) mass is 687 g/mol. The van der Waals surface area contributed by atoms with Gasteiger partial charge in [-0.05, 0) is 121 Å². The minimum Gasteiger partial charge on any atom is -0.456 e. The Morgan fingerprint density at radius 2 is 0.889 bits per heavy atom. The molecule has 0 aliphatic heterocycles. The third kappa shape index (κ3) is 4.81. The van der Waals surface area contributed by atoms with E-state index < -0.39 is 0 Å². The van der Waals surface area contributed by atoms with E-state index in [1.165, 1.54) is 70.7 Å². The van der Waals surface area contributed by atoms with Crippen molar-refractivity contribution in [1.82, 2.24) is 0 Å². The highest BCUT2D eigenvalue weighted by Crippen LogP contribution is 2.44. The Bertz CT molecular complexity index is 3210. The molecule has 0 saturated carbocycles. The van der Waals surface area contributed by atoms with Gasteiger partial charge in [-0.2, -0.15) is 0 Å². The molecule has 0 amide bonds. The van der Waals surface area contributed by atoms with E-state index >= 15 is 0 Å². The second-order valence-electron chi connectivity index (χ2n) is 14.1. The first-order valence-corrected chi connectivity index (χ1v) is 18.5. The molecule has 10 aromatic carbocycles. The fraction of sp³-hybridized carbons (Fsp3) is 0. The highest BCUT2D eigenvalue weighted by atomic mass is 16.3. The van der Waals surface area contributed by atoms with Gasteiger partial charge < -0.3 is 9.32 Å². The van der Waals surface area contributed by atoms with Gasteiger partial charge in [0, 0.05) is 33.2 Å². The summed E-state index contributed by atoms with van der Waals surface area (Å²) in [6.45, 7) is 0. The fourth-order valence-electron chi connectivity index (χ4n) is 8.55. The van der Waals surface area contributed by atoms with E-state index in [2.05, 4.69) is 199 Å². The molecule has 1 heterocycles. The first-order valence-electron chi connectivity index (χ1n) is 18.5. The van der Waals surface area contributed by atoms with Crippen LogP contribution in [0.1, 0.15) is 0 Å². The van der Waals surface area contributed by atoms with Crippen molar-refractivity contribution in [2.24, 2.45) is 0 Å². The molecule has 2 nitrogen and oxygen atoms in total. The molecule has 0 fully saturated rings. The Kier molecular flexibility index (Phi) is 6.90. The molecule has 54 heavy (non-hydrogen) atoms. The first kappa shape index (κ1) is 30.5. The number of hydrogen-bond donors (Lipinski definition) is 0. The summed E-state index contributed by atoms with van der Waals surface area (Å²) in [7, 11) is 0. The fourth-order valence-corrected chi connectivity index (χ4v) is 8.55. The lowest BCUT2D eigenvalue weighted by molar-refractivity contribution is 0.669. The van der Waals surface area contributed by atoms with Crippen molar-refractivity contribution in [1.29, 1.82) is 0 Å². The molecule has 0 aliphatic carbocycles. The van der Waals surface area contributed by atoms with Crippen LogP contribution in [0.3, 0.4) is 0 Å². The molecular weight excluding hydrogens is 655 g/mol. The van der Waals surface area contributed by atoms with Crippen LogP contribution in [0.25, 0.3) is 87.3 Å². The zero-order valence-electron chi connectivity index (χ0n) is 29.4. The van der Waals surface area contributed by atoms with Crippen LogP contribution in [0.2, 0.25) is 0 Å². The van der Waals surface area contributed by atoms with Gasteiger partial charge in [0.1, 0.15) is 11.2 Å². The lowest BCUT2D eigenvalue weighted by Crippen LogP contribution is -2.09. The summed E-state index contributed by atoms with van der Waals surface area (Å²) in [5.41, 5.74) is 9.95. The van der Waals surface area contributed by atoms with Gasteiger partial charge in [-0.3, -0.25) is 0 Å². The summed E-state index contributed by atoms with van der Waals surface area (Å²) in [5.74, 6) is 0. The SMILES string of the molecule is c1ccc(N(c2ccc(-c3cccc4ccccc34)cc2)c2cccc(-c3ccc4c5ccccc5c5c(ccc6oc7ccccc7c65)c4c3)c2)cc1. The highest BCUT2D eigenvalue weighted by molar-refractivity contribution is 6.34. The van der Waals surface area contributed by atoms with Crippen molar-refractivity contribution in [2.75, 3.05) is 4.90 Å². The van der Waals surface area contributed by atoms with Crippen LogP contribution in [0.4, 0.5) is 17.1 Å². The number of benzene rings is 10. The molecular formula is C52H33NO. The molecule has 0 saturated heterocycles. The van der Waals surface area contributed by atoms with Crippen LogP contribution in [-0.4, -0.2) is 0 Å². The van der Waals surface area contributed by atoms with Gasteiger partial charge >= 0.3 is 0 Å². The largest absolute Gasteiger partial charge is 0.456 e. The summed E-state index contributed by atoms with van der Waals surface area (Å²) >= 11 is 0. The number of furan rings is 1. The highest BCUT2D eigenvalue weighted by Gasteiger charge is 2.18. The van der Waals surface area contributed by atoms with Gasteiger partial charge in [0.05, 0.1) is 0 Å². The Morgan fingerprint density at radius 3 is 1.76 bits per heavy atom. The van der Waals surface area contributed by atoms with E-state index in [9.17, 15) is 0 Å².